The Kier molecular flexibility index (Phi) is 8.10. The lowest BCUT2D eigenvalue weighted by Gasteiger charge is -2.35. The molecule has 134 valence electrons. The van der Waals surface area contributed by atoms with Gasteiger partial charge in [0.2, 0.25) is 5.91 Å². The normalized spacial score (nSPS) is 16.0. The molecule has 0 bridgehead atoms. The Bertz CT molecular complexity index is 556. The highest BCUT2D eigenvalue weighted by molar-refractivity contribution is 5.85. The van der Waals surface area contributed by atoms with E-state index in [1.165, 1.54) is 6.07 Å². The van der Waals surface area contributed by atoms with Crippen molar-refractivity contribution in [1.82, 2.24) is 10.6 Å². The number of hydrogen-bond donors (Lipinski definition) is 2. The number of rotatable bonds is 7. The molecule has 0 spiro atoms. The van der Waals surface area contributed by atoms with E-state index in [9.17, 15) is 14.9 Å². The number of carbonyl (C=O) groups is 1. The molecule has 0 atom stereocenters. The summed E-state index contributed by atoms with van der Waals surface area (Å²) in [5, 5.41) is 17.2. The van der Waals surface area contributed by atoms with E-state index in [1.54, 1.807) is 25.3 Å². The molecule has 8 heteroatoms. The SMILES string of the molecule is COCC1(C(=O)NCCc2ccccc2[N+](=O)[O-])CCNCC1.Cl. The quantitative estimate of drug-likeness (QED) is 0.572. The van der Waals surface area contributed by atoms with Crippen LogP contribution in [0.4, 0.5) is 5.69 Å². The van der Waals surface area contributed by atoms with Gasteiger partial charge in [-0.2, -0.15) is 0 Å². The zero-order valence-corrected chi connectivity index (χ0v) is 14.6. The van der Waals surface area contributed by atoms with Crippen LogP contribution in [0.1, 0.15) is 18.4 Å². The molecule has 1 aromatic rings. The van der Waals surface area contributed by atoms with Crippen LogP contribution < -0.4 is 10.6 Å². The lowest BCUT2D eigenvalue weighted by atomic mass is 9.78. The van der Waals surface area contributed by atoms with Crippen LogP contribution in [0, 0.1) is 15.5 Å². The molecule has 0 aliphatic carbocycles. The molecular weight excluding hydrogens is 334 g/mol. The minimum absolute atomic E-state index is 0. The maximum atomic E-state index is 12.6. The lowest BCUT2D eigenvalue weighted by Crippen LogP contribution is -2.50. The number of methoxy groups -OCH3 is 1. The van der Waals surface area contributed by atoms with Crippen molar-refractivity contribution in [3.05, 3.63) is 39.9 Å². The van der Waals surface area contributed by atoms with Gasteiger partial charge in [-0.25, -0.2) is 0 Å². The molecule has 1 aliphatic rings. The highest BCUT2D eigenvalue weighted by Gasteiger charge is 2.39. The second-order valence-corrected chi connectivity index (χ2v) is 5.86. The first-order valence-corrected chi connectivity index (χ1v) is 7.79. The van der Waals surface area contributed by atoms with Crippen LogP contribution in [0.15, 0.2) is 24.3 Å². The molecule has 1 amide bonds. The maximum absolute atomic E-state index is 12.6. The molecule has 1 aromatic carbocycles. The number of benzene rings is 1. The van der Waals surface area contributed by atoms with Crippen LogP contribution >= 0.6 is 12.4 Å². The minimum atomic E-state index is -0.497. The molecule has 0 saturated carbocycles. The minimum Gasteiger partial charge on any atom is -0.384 e. The summed E-state index contributed by atoms with van der Waals surface area (Å²) in [5.41, 5.74) is 0.224. The van der Waals surface area contributed by atoms with Gasteiger partial charge in [0.05, 0.1) is 16.9 Å². The summed E-state index contributed by atoms with van der Waals surface area (Å²) in [6, 6.07) is 6.61. The zero-order chi connectivity index (χ0) is 16.7. The Morgan fingerprint density at radius 2 is 2.04 bits per heavy atom. The Morgan fingerprint density at radius 1 is 1.38 bits per heavy atom. The molecule has 24 heavy (non-hydrogen) atoms. The van der Waals surface area contributed by atoms with E-state index in [-0.39, 0.29) is 24.0 Å². The van der Waals surface area contributed by atoms with Crippen molar-refractivity contribution in [2.45, 2.75) is 19.3 Å². The molecule has 0 radical (unpaired) electrons. The standard InChI is InChI=1S/C16H23N3O4.ClH/c1-23-12-16(7-10-17-11-8-16)15(20)18-9-6-13-4-2-3-5-14(13)19(21)22;/h2-5,17H,6-12H2,1H3,(H,18,20);1H. The second kappa shape index (κ2) is 9.56. The van der Waals surface area contributed by atoms with Gasteiger partial charge in [0, 0.05) is 25.3 Å². The van der Waals surface area contributed by atoms with Gasteiger partial charge < -0.3 is 15.4 Å². The van der Waals surface area contributed by atoms with Crippen LogP contribution in [0.25, 0.3) is 0 Å². The fourth-order valence-electron chi connectivity index (χ4n) is 3.02. The van der Waals surface area contributed by atoms with Crippen molar-refractivity contribution in [2.75, 3.05) is 33.4 Å². The van der Waals surface area contributed by atoms with Crippen LogP contribution in [-0.2, 0) is 16.0 Å². The van der Waals surface area contributed by atoms with E-state index in [0.29, 0.717) is 25.1 Å². The van der Waals surface area contributed by atoms with Crippen molar-refractivity contribution in [3.63, 3.8) is 0 Å². The number of nitrogens with one attached hydrogen (secondary N) is 2. The van der Waals surface area contributed by atoms with Crippen molar-refractivity contribution in [3.8, 4) is 0 Å². The van der Waals surface area contributed by atoms with E-state index < -0.39 is 10.3 Å². The molecule has 1 aliphatic heterocycles. The molecule has 1 heterocycles. The average Bonchev–Trinajstić information content (AvgIpc) is 2.56. The Labute approximate surface area is 147 Å². The van der Waals surface area contributed by atoms with Gasteiger partial charge in [0.25, 0.3) is 5.69 Å². The van der Waals surface area contributed by atoms with Crippen molar-refractivity contribution < 1.29 is 14.5 Å². The first kappa shape index (κ1) is 20.3. The number of amides is 1. The van der Waals surface area contributed by atoms with Gasteiger partial charge in [-0.15, -0.1) is 12.4 Å². The fourth-order valence-corrected chi connectivity index (χ4v) is 3.02. The summed E-state index contributed by atoms with van der Waals surface area (Å²) in [6.07, 6.45) is 1.90. The number of carbonyl (C=O) groups excluding carboxylic acids is 1. The summed E-state index contributed by atoms with van der Waals surface area (Å²) in [4.78, 5) is 23.2. The molecule has 0 unspecified atom stereocenters. The number of hydrogen-bond acceptors (Lipinski definition) is 5. The van der Waals surface area contributed by atoms with Crippen LogP contribution in [0.5, 0.6) is 0 Å². The molecule has 1 saturated heterocycles. The Morgan fingerprint density at radius 3 is 2.67 bits per heavy atom. The summed E-state index contributed by atoms with van der Waals surface area (Å²) in [6.45, 7) is 2.36. The predicted molar refractivity (Wildman–Crippen MR) is 93.5 cm³/mol. The van der Waals surface area contributed by atoms with Gasteiger partial charge in [-0.05, 0) is 32.4 Å². The number of nitro benzene ring substituents is 1. The number of halogens is 1. The number of para-hydroxylation sites is 1. The first-order chi connectivity index (χ1) is 11.1. The Hall–Kier alpha value is -1.70. The molecular formula is C16H24ClN3O4. The fraction of sp³-hybridized carbons (Fsp3) is 0.562. The smallest absolute Gasteiger partial charge is 0.272 e. The average molecular weight is 358 g/mol. The van der Waals surface area contributed by atoms with Gasteiger partial charge in [-0.3, -0.25) is 14.9 Å². The predicted octanol–water partition coefficient (Wildman–Crippen LogP) is 1.69. The third-order valence-corrected chi connectivity index (χ3v) is 4.33. The molecule has 7 nitrogen and oxygen atoms in total. The van der Waals surface area contributed by atoms with Crippen molar-refractivity contribution in [2.24, 2.45) is 5.41 Å². The second-order valence-electron chi connectivity index (χ2n) is 5.86. The highest BCUT2D eigenvalue weighted by atomic mass is 35.5. The Balaban J connectivity index is 0.00000288. The van der Waals surface area contributed by atoms with Gasteiger partial charge in [-0.1, -0.05) is 18.2 Å². The van der Waals surface area contributed by atoms with Crippen molar-refractivity contribution in [1.29, 1.82) is 0 Å². The monoisotopic (exact) mass is 357 g/mol. The molecule has 2 N–H and O–H groups in total. The third-order valence-electron chi connectivity index (χ3n) is 4.33. The van der Waals surface area contributed by atoms with Crippen LogP contribution in [0.3, 0.4) is 0 Å². The summed E-state index contributed by atoms with van der Waals surface area (Å²) >= 11 is 0. The van der Waals surface area contributed by atoms with Crippen molar-refractivity contribution >= 4 is 24.0 Å². The van der Waals surface area contributed by atoms with E-state index >= 15 is 0 Å². The van der Waals surface area contributed by atoms with E-state index in [0.717, 1.165) is 25.9 Å². The zero-order valence-electron chi connectivity index (χ0n) is 13.7. The summed E-state index contributed by atoms with van der Waals surface area (Å²) in [5.74, 6) is -0.0283. The highest BCUT2D eigenvalue weighted by Crippen LogP contribution is 2.29. The topological polar surface area (TPSA) is 93.5 Å². The third kappa shape index (κ3) is 4.90. The summed E-state index contributed by atoms with van der Waals surface area (Å²) < 4.78 is 5.24. The summed E-state index contributed by atoms with van der Waals surface area (Å²) in [7, 11) is 1.60. The van der Waals surface area contributed by atoms with E-state index in [2.05, 4.69) is 10.6 Å². The van der Waals surface area contributed by atoms with Gasteiger partial charge >= 0.3 is 0 Å². The molecule has 0 aromatic heterocycles. The maximum Gasteiger partial charge on any atom is 0.272 e. The van der Waals surface area contributed by atoms with E-state index in [4.69, 9.17) is 4.74 Å². The molecule has 1 fully saturated rings. The number of nitrogens with zero attached hydrogens (tertiary/aromatic N) is 1. The number of ether oxygens (including phenoxy) is 1. The van der Waals surface area contributed by atoms with E-state index in [1.807, 2.05) is 0 Å². The van der Waals surface area contributed by atoms with Crippen LogP contribution in [-0.4, -0.2) is 44.2 Å². The largest absolute Gasteiger partial charge is 0.384 e. The number of piperidine rings is 1. The lowest BCUT2D eigenvalue weighted by molar-refractivity contribution is -0.385. The van der Waals surface area contributed by atoms with Crippen LogP contribution in [0.2, 0.25) is 0 Å². The van der Waals surface area contributed by atoms with Gasteiger partial charge in [0.1, 0.15) is 0 Å². The first-order valence-electron chi connectivity index (χ1n) is 7.79. The van der Waals surface area contributed by atoms with Gasteiger partial charge in [0.15, 0.2) is 0 Å². The number of nitro groups is 1. The molecule has 2 rings (SSSR count).